The predicted octanol–water partition coefficient (Wildman–Crippen LogP) is 2.49. The van der Waals surface area contributed by atoms with Gasteiger partial charge in [0.25, 0.3) is 0 Å². The fourth-order valence-electron chi connectivity index (χ4n) is 1.64. The van der Waals surface area contributed by atoms with Gasteiger partial charge in [0, 0.05) is 17.5 Å². The predicted molar refractivity (Wildman–Crippen MR) is 75.3 cm³/mol. The number of amides is 2. The highest BCUT2D eigenvalue weighted by Gasteiger charge is 2.30. The maximum Gasteiger partial charge on any atom is 0.323 e. The van der Waals surface area contributed by atoms with E-state index in [4.69, 9.17) is 5.11 Å². The first-order chi connectivity index (χ1) is 8.71. The van der Waals surface area contributed by atoms with Crippen molar-refractivity contribution < 1.29 is 14.7 Å². The number of carbonyl (C=O) groups excluding carboxylic acids is 1. The Morgan fingerprint density at radius 2 is 2.00 bits per heavy atom. The molecule has 0 saturated carbocycles. The van der Waals surface area contributed by atoms with Gasteiger partial charge in [-0.25, -0.2) is 4.79 Å². The molecule has 0 aromatic carbocycles. The standard InChI is InChI=1S/C13H20N2O3S/c1-13(2,3)15(9-11(16)17)12(18)14(4)8-10-6-5-7-19-10/h5-7H,8-9H2,1-4H3,(H,16,17). The minimum Gasteiger partial charge on any atom is -0.480 e. The summed E-state index contributed by atoms with van der Waals surface area (Å²) >= 11 is 1.57. The Bertz CT molecular complexity index is 437. The molecule has 0 unspecified atom stereocenters. The highest BCUT2D eigenvalue weighted by atomic mass is 32.1. The van der Waals surface area contributed by atoms with Crippen LogP contribution in [0.1, 0.15) is 25.6 Å². The molecule has 0 fully saturated rings. The number of thiophene rings is 1. The van der Waals surface area contributed by atoms with E-state index in [9.17, 15) is 9.59 Å². The molecule has 0 saturated heterocycles. The third-order valence-electron chi connectivity index (χ3n) is 2.63. The van der Waals surface area contributed by atoms with Crippen molar-refractivity contribution in [3.63, 3.8) is 0 Å². The number of carboxylic acids is 1. The molecular weight excluding hydrogens is 264 g/mol. The Labute approximate surface area is 117 Å². The lowest BCUT2D eigenvalue weighted by atomic mass is 10.1. The molecule has 0 bridgehead atoms. The van der Waals surface area contributed by atoms with E-state index >= 15 is 0 Å². The van der Waals surface area contributed by atoms with Crippen LogP contribution < -0.4 is 0 Å². The number of rotatable bonds is 4. The van der Waals surface area contributed by atoms with E-state index in [0.717, 1.165) is 4.88 Å². The number of carbonyl (C=O) groups is 2. The summed E-state index contributed by atoms with van der Waals surface area (Å²) in [4.78, 5) is 27.2. The third-order valence-corrected chi connectivity index (χ3v) is 3.49. The molecule has 5 nitrogen and oxygen atoms in total. The molecule has 1 aromatic heterocycles. The Balaban J connectivity index is 2.78. The summed E-state index contributed by atoms with van der Waals surface area (Å²) in [5.74, 6) is -1.01. The van der Waals surface area contributed by atoms with Crippen molar-refractivity contribution in [2.75, 3.05) is 13.6 Å². The molecule has 6 heteroatoms. The molecule has 1 aromatic rings. The van der Waals surface area contributed by atoms with Crippen molar-refractivity contribution >= 4 is 23.3 Å². The van der Waals surface area contributed by atoms with E-state index in [0.29, 0.717) is 6.54 Å². The van der Waals surface area contributed by atoms with E-state index in [1.807, 2.05) is 38.3 Å². The Kier molecular flexibility index (Phi) is 4.94. The van der Waals surface area contributed by atoms with E-state index in [1.54, 1.807) is 23.3 Å². The van der Waals surface area contributed by atoms with Crippen LogP contribution in [0.2, 0.25) is 0 Å². The molecule has 1 rings (SSSR count). The zero-order valence-corrected chi connectivity index (χ0v) is 12.5. The second-order valence-electron chi connectivity index (χ2n) is 5.37. The van der Waals surface area contributed by atoms with Crippen LogP contribution in [-0.2, 0) is 11.3 Å². The minimum absolute atomic E-state index is 0.275. The lowest BCUT2D eigenvalue weighted by Gasteiger charge is -2.37. The second-order valence-corrected chi connectivity index (χ2v) is 6.40. The zero-order chi connectivity index (χ0) is 14.6. The SMILES string of the molecule is CN(Cc1cccs1)C(=O)N(CC(=O)O)C(C)(C)C. The van der Waals surface area contributed by atoms with E-state index in [2.05, 4.69) is 0 Å². The molecule has 0 aliphatic rings. The molecule has 0 atom stereocenters. The first kappa shape index (κ1) is 15.5. The largest absolute Gasteiger partial charge is 0.480 e. The first-order valence-corrected chi connectivity index (χ1v) is 6.86. The molecule has 1 N–H and O–H groups in total. The van der Waals surface area contributed by atoms with Gasteiger partial charge in [0.1, 0.15) is 6.54 Å². The van der Waals surface area contributed by atoms with Crippen LogP contribution in [0.4, 0.5) is 4.79 Å². The zero-order valence-electron chi connectivity index (χ0n) is 11.7. The van der Waals surface area contributed by atoms with Crippen molar-refractivity contribution in [3.8, 4) is 0 Å². The molecule has 0 spiro atoms. The van der Waals surface area contributed by atoms with Gasteiger partial charge in [-0.15, -0.1) is 11.3 Å². The number of urea groups is 1. The van der Waals surface area contributed by atoms with Gasteiger partial charge >= 0.3 is 12.0 Å². The number of carboxylic acid groups (broad SMARTS) is 1. The fraction of sp³-hybridized carbons (Fsp3) is 0.538. The van der Waals surface area contributed by atoms with Gasteiger partial charge in [0.2, 0.25) is 0 Å². The summed E-state index contributed by atoms with van der Waals surface area (Å²) in [6.45, 7) is 5.67. The lowest BCUT2D eigenvalue weighted by Crippen LogP contribution is -2.52. The van der Waals surface area contributed by atoms with Crippen molar-refractivity contribution in [2.45, 2.75) is 32.9 Å². The first-order valence-electron chi connectivity index (χ1n) is 5.98. The van der Waals surface area contributed by atoms with Gasteiger partial charge in [-0.1, -0.05) is 6.07 Å². The highest BCUT2D eigenvalue weighted by Crippen LogP contribution is 2.17. The van der Waals surface area contributed by atoms with Crippen molar-refractivity contribution in [2.24, 2.45) is 0 Å². The molecule has 106 valence electrons. The Hall–Kier alpha value is -1.56. The summed E-state index contributed by atoms with van der Waals surface area (Å²) in [7, 11) is 1.68. The molecule has 0 aliphatic carbocycles. The van der Waals surface area contributed by atoms with Gasteiger partial charge in [0.05, 0.1) is 6.54 Å². The average Bonchev–Trinajstić information content (AvgIpc) is 2.75. The summed E-state index contributed by atoms with van der Waals surface area (Å²) in [5, 5.41) is 10.9. The smallest absolute Gasteiger partial charge is 0.323 e. The minimum atomic E-state index is -1.01. The Morgan fingerprint density at radius 3 is 2.42 bits per heavy atom. The Morgan fingerprint density at radius 1 is 1.37 bits per heavy atom. The molecule has 0 aliphatic heterocycles. The van der Waals surface area contributed by atoms with Gasteiger partial charge < -0.3 is 14.9 Å². The maximum absolute atomic E-state index is 12.3. The van der Waals surface area contributed by atoms with Crippen LogP contribution in [0.15, 0.2) is 17.5 Å². The van der Waals surface area contributed by atoms with Crippen LogP contribution in [0.3, 0.4) is 0 Å². The number of nitrogens with zero attached hydrogens (tertiary/aromatic N) is 2. The van der Waals surface area contributed by atoms with Gasteiger partial charge in [-0.3, -0.25) is 4.79 Å². The van der Waals surface area contributed by atoms with E-state index < -0.39 is 11.5 Å². The monoisotopic (exact) mass is 284 g/mol. The quantitative estimate of drug-likeness (QED) is 0.924. The number of hydrogen-bond donors (Lipinski definition) is 1. The van der Waals surface area contributed by atoms with E-state index in [1.165, 1.54) is 4.90 Å². The van der Waals surface area contributed by atoms with Crippen LogP contribution in [0, 0.1) is 0 Å². The van der Waals surface area contributed by atoms with Crippen LogP contribution >= 0.6 is 11.3 Å². The molecule has 1 heterocycles. The number of aliphatic carboxylic acids is 1. The summed E-state index contributed by atoms with van der Waals surface area (Å²) in [5.41, 5.74) is -0.529. The van der Waals surface area contributed by atoms with Gasteiger partial charge in [-0.05, 0) is 32.2 Å². The lowest BCUT2D eigenvalue weighted by molar-refractivity contribution is -0.138. The van der Waals surface area contributed by atoms with E-state index in [-0.39, 0.29) is 12.6 Å². The van der Waals surface area contributed by atoms with Crippen molar-refractivity contribution in [1.29, 1.82) is 0 Å². The summed E-state index contributed by atoms with van der Waals surface area (Å²) in [6, 6.07) is 3.60. The van der Waals surface area contributed by atoms with Crippen LogP contribution in [-0.4, -0.2) is 46.0 Å². The van der Waals surface area contributed by atoms with Gasteiger partial charge in [-0.2, -0.15) is 0 Å². The van der Waals surface area contributed by atoms with Crippen molar-refractivity contribution in [3.05, 3.63) is 22.4 Å². The second kappa shape index (κ2) is 6.06. The third kappa shape index (κ3) is 4.55. The molecular formula is C13H20N2O3S. The van der Waals surface area contributed by atoms with Crippen LogP contribution in [0.5, 0.6) is 0 Å². The fourth-order valence-corrected chi connectivity index (χ4v) is 2.39. The normalized spacial score (nSPS) is 11.2. The molecule has 0 radical (unpaired) electrons. The number of hydrogen-bond acceptors (Lipinski definition) is 3. The molecule has 2 amide bonds. The maximum atomic E-state index is 12.3. The van der Waals surface area contributed by atoms with Crippen LogP contribution in [0.25, 0.3) is 0 Å². The highest BCUT2D eigenvalue weighted by molar-refractivity contribution is 7.09. The summed E-state index contributed by atoms with van der Waals surface area (Å²) in [6.07, 6.45) is 0. The summed E-state index contributed by atoms with van der Waals surface area (Å²) < 4.78 is 0. The topological polar surface area (TPSA) is 60.9 Å². The molecule has 19 heavy (non-hydrogen) atoms. The van der Waals surface area contributed by atoms with Gasteiger partial charge in [0.15, 0.2) is 0 Å². The average molecular weight is 284 g/mol. The van der Waals surface area contributed by atoms with Crippen molar-refractivity contribution in [1.82, 2.24) is 9.80 Å².